The van der Waals surface area contributed by atoms with Crippen molar-refractivity contribution in [3.8, 4) is 0 Å². The second-order valence-corrected chi connectivity index (χ2v) is 6.06. The number of nitrogens with zero attached hydrogens (tertiary/aromatic N) is 1. The lowest BCUT2D eigenvalue weighted by Crippen LogP contribution is -2.55. The van der Waals surface area contributed by atoms with Gasteiger partial charge in [-0.05, 0) is 26.7 Å². The molecule has 0 radical (unpaired) electrons. The Balaban J connectivity index is 2.16. The van der Waals surface area contributed by atoms with Crippen LogP contribution in [-0.2, 0) is 9.53 Å². The van der Waals surface area contributed by atoms with Crippen LogP contribution in [0.1, 0.15) is 39.5 Å². The molecular weight excluding hydrogens is 248 g/mol. The molecule has 0 aromatic carbocycles. The molecule has 0 spiro atoms. The maximum atomic E-state index is 12.8. The van der Waals surface area contributed by atoms with Crippen LogP contribution < -0.4 is 5.73 Å². The van der Waals surface area contributed by atoms with Gasteiger partial charge in [0.15, 0.2) is 0 Å². The van der Waals surface area contributed by atoms with Crippen LogP contribution in [0.25, 0.3) is 0 Å². The summed E-state index contributed by atoms with van der Waals surface area (Å²) >= 11 is 5.17. The van der Waals surface area contributed by atoms with Gasteiger partial charge in [0, 0.05) is 13.1 Å². The summed E-state index contributed by atoms with van der Waals surface area (Å²) in [5.74, 6) is 0.120. The molecule has 4 nitrogen and oxygen atoms in total. The van der Waals surface area contributed by atoms with Gasteiger partial charge in [-0.15, -0.1) is 0 Å². The van der Waals surface area contributed by atoms with Crippen LogP contribution in [0.2, 0.25) is 0 Å². The van der Waals surface area contributed by atoms with Crippen LogP contribution in [0.15, 0.2) is 0 Å². The lowest BCUT2D eigenvalue weighted by Gasteiger charge is -2.40. The third-order valence-electron chi connectivity index (χ3n) is 4.04. The molecular formula is C13H22N2O2S. The van der Waals surface area contributed by atoms with Crippen molar-refractivity contribution in [3.63, 3.8) is 0 Å². The molecule has 1 amide bonds. The summed E-state index contributed by atoms with van der Waals surface area (Å²) in [5, 5.41) is 0. The van der Waals surface area contributed by atoms with E-state index < -0.39 is 5.41 Å². The van der Waals surface area contributed by atoms with Gasteiger partial charge in [-0.3, -0.25) is 4.79 Å². The van der Waals surface area contributed by atoms with Gasteiger partial charge in [0.2, 0.25) is 5.91 Å². The quantitative estimate of drug-likeness (QED) is 0.772. The van der Waals surface area contributed by atoms with Crippen LogP contribution in [0.5, 0.6) is 0 Å². The van der Waals surface area contributed by atoms with Crippen molar-refractivity contribution in [1.82, 2.24) is 4.90 Å². The number of morpholine rings is 1. The van der Waals surface area contributed by atoms with Crippen LogP contribution in [0.3, 0.4) is 0 Å². The zero-order chi connectivity index (χ0) is 13.3. The standard InChI is InChI=1S/C13H22N2O2S/c1-9-7-15(8-10(2)17-9)12(16)13(11(14)18)5-3-4-6-13/h9-10H,3-8H2,1-2H3,(H2,14,18)/t9-,10+. The summed E-state index contributed by atoms with van der Waals surface area (Å²) in [6.07, 6.45) is 3.87. The largest absolute Gasteiger partial charge is 0.392 e. The first-order valence-electron chi connectivity index (χ1n) is 6.70. The van der Waals surface area contributed by atoms with E-state index in [2.05, 4.69) is 0 Å². The highest BCUT2D eigenvalue weighted by molar-refractivity contribution is 7.80. The Hall–Kier alpha value is -0.680. The Morgan fingerprint density at radius 3 is 2.22 bits per heavy atom. The molecule has 2 atom stereocenters. The average Bonchev–Trinajstić information content (AvgIpc) is 2.76. The molecule has 2 fully saturated rings. The molecule has 2 rings (SSSR count). The summed E-state index contributed by atoms with van der Waals surface area (Å²) in [7, 11) is 0. The van der Waals surface area contributed by atoms with Crippen molar-refractivity contribution >= 4 is 23.1 Å². The third kappa shape index (κ3) is 2.38. The third-order valence-corrected chi connectivity index (χ3v) is 4.44. The number of carbonyl (C=O) groups is 1. The van der Waals surface area contributed by atoms with Crippen molar-refractivity contribution in [1.29, 1.82) is 0 Å². The lowest BCUT2D eigenvalue weighted by atomic mass is 9.84. The molecule has 1 aliphatic carbocycles. The first kappa shape index (κ1) is 13.7. The minimum absolute atomic E-state index is 0.0856. The van der Waals surface area contributed by atoms with Gasteiger partial charge < -0.3 is 15.4 Å². The van der Waals surface area contributed by atoms with Crippen molar-refractivity contribution in [3.05, 3.63) is 0 Å². The molecule has 0 aromatic rings. The van der Waals surface area contributed by atoms with Crippen molar-refractivity contribution < 1.29 is 9.53 Å². The van der Waals surface area contributed by atoms with E-state index in [1.54, 1.807) is 0 Å². The monoisotopic (exact) mass is 270 g/mol. The molecule has 0 bridgehead atoms. The second-order valence-electron chi connectivity index (χ2n) is 5.62. The summed E-state index contributed by atoms with van der Waals surface area (Å²) in [4.78, 5) is 15.0. The molecule has 102 valence electrons. The summed E-state index contributed by atoms with van der Waals surface area (Å²) in [5.41, 5.74) is 5.29. The fourth-order valence-electron chi connectivity index (χ4n) is 3.19. The SMILES string of the molecule is C[C@@H]1CN(C(=O)C2(C(N)=S)CCCC2)C[C@H](C)O1. The first-order valence-corrected chi connectivity index (χ1v) is 7.11. The number of carbonyl (C=O) groups excluding carboxylic acids is 1. The van der Waals surface area contributed by atoms with E-state index in [-0.39, 0.29) is 18.1 Å². The lowest BCUT2D eigenvalue weighted by molar-refractivity contribution is -0.150. The van der Waals surface area contributed by atoms with Crippen molar-refractivity contribution in [2.45, 2.75) is 51.7 Å². The van der Waals surface area contributed by atoms with Gasteiger partial charge in [-0.1, -0.05) is 25.1 Å². The summed E-state index contributed by atoms with van der Waals surface area (Å²) in [6, 6.07) is 0. The molecule has 0 unspecified atom stereocenters. The van der Waals surface area contributed by atoms with E-state index in [0.29, 0.717) is 18.1 Å². The molecule has 1 saturated carbocycles. The molecule has 18 heavy (non-hydrogen) atoms. The van der Waals surface area contributed by atoms with E-state index in [4.69, 9.17) is 22.7 Å². The molecule has 5 heteroatoms. The molecule has 2 aliphatic rings. The number of hydrogen-bond donors (Lipinski definition) is 1. The summed E-state index contributed by atoms with van der Waals surface area (Å²) < 4.78 is 5.66. The maximum Gasteiger partial charge on any atom is 0.235 e. The fourth-order valence-corrected chi connectivity index (χ4v) is 3.48. The predicted octanol–water partition coefficient (Wildman–Crippen LogP) is 1.47. The van der Waals surface area contributed by atoms with E-state index >= 15 is 0 Å². The Bertz CT molecular complexity index is 343. The first-order chi connectivity index (χ1) is 8.45. The van der Waals surface area contributed by atoms with Crippen LogP contribution >= 0.6 is 12.2 Å². The average molecular weight is 270 g/mol. The smallest absolute Gasteiger partial charge is 0.235 e. The normalized spacial score (nSPS) is 31.3. The predicted molar refractivity (Wildman–Crippen MR) is 74.3 cm³/mol. The van der Waals surface area contributed by atoms with E-state index in [0.717, 1.165) is 25.7 Å². The molecule has 1 saturated heterocycles. The van der Waals surface area contributed by atoms with Crippen LogP contribution in [0, 0.1) is 5.41 Å². The minimum Gasteiger partial charge on any atom is -0.392 e. The van der Waals surface area contributed by atoms with Crippen molar-refractivity contribution in [2.75, 3.05) is 13.1 Å². The minimum atomic E-state index is -0.577. The fraction of sp³-hybridized carbons (Fsp3) is 0.846. The number of thiocarbonyl (C=S) groups is 1. The van der Waals surface area contributed by atoms with E-state index in [1.807, 2.05) is 18.7 Å². The number of hydrogen-bond acceptors (Lipinski definition) is 3. The number of ether oxygens (including phenoxy) is 1. The Labute approximate surface area is 114 Å². The second kappa shape index (κ2) is 5.13. The molecule has 1 aliphatic heterocycles. The zero-order valence-electron chi connectivity index (χ0n) is 11.1. The molecule has 1 heterocycles. The van der Waals surface area contributed by atoms with Gasteiger partial charge in [-0.25, -0.2) is 0 Å². The van der Waals surface area contributed by atoms with Gasteiger partial charge in [-0.2, -0.15) is 0 Å². The number of rotatable bonds is 2. The highest BCUT2D eigenvalue weighted by Crippen LogP contribution is 2.40. The molecule has 0 aromatic heterocycles. The van der Waals surface area contributed by atoms with Gasteiger partial charge in [0.1, 0.15) is 0 Å². The van der Waals surface area contributed by atoms with Crippen molar-refractivity contribution in [2.24, 2.45) is 11.1 Å². The highest BCUT2D eigenvalue weighted by Gasteiger charge is 2.47. The topological polar surface area (TPSA) is 55.6 Å². The highest BCUT2D eigenvalue weighted by atomic mass is 32.1. The number of amides is 1. The van der Waals surface area contributed by atoms with Crippen LogP contribution in [-0.4, -0.2) is 41.1 Å². The molecule has 2 N–H and O–H groups in total. The van der Waals surface area contributed by atoms with Crippen LogP contribution in [0.4, 0.5) is 0 Å². The maximum absolute atomic E-state index is 12.8. The zero-order valence-corrected chi connectivity index (χ0v) is 12.0. The number of nitrogens with two attached hydrogens (primary N) is 1. The van der Waals surface area contributed by atoms with Gasteiger partial charge >= 0.3 is 0 Å². The van der Waals surface area contributed by atoms with E-state index in [9.17, 15) is 4.79 Å². The Morgan fingerprint density at radius 1 is 1.28 bits per heavy atom. The van der Waals surface area contributed by atoms with Gasteiger partial charge in [0.25, 0.3) is 0 Å². The Morgan fingerprint density at radius 2 is 1.78 bits per heavy atom. The Kier molecular flexibility index (Phi) is 3.92. The van der Waals surface area contributed by atoms with E-state index in [1.165, 1.54) is 0 Å². The van der Waals surface area contributed by atoms with Gasteiger partial charge in [0.05, 0.1) is 22.6 Å². The summed E-state index contributed by atoms with van der Waals surface area (Å²) in [6.45, 7) is 5.29.